The number of hydrogen-bond acceptors (Lipinski definition) is 6. The Kier molecular flexibility index (Phi) is 4.83. The Morgan fingerprint density at radius 1 is 1.09 bits per heavy atom. The van der Waals surface area contributed by atoms with Gasteiger partial charge in [-0.2, -0.15) is 18.3 Å². The number of nitrogens with zero attached hydrogens (tertiary/aromatic N) is 7. The number of imidazole rings is 1. The largest absolute Gasteiger partial charge is 0.434 e. The first-order valence-corrected chi connectivity index (χ1v) is 10.3. The summed E-state index contributed by atoms with van der Waals surface area (Å²) >= 11 is 0. The van der Waals surface area contributed by atoms with Crippen LogP contribution in [-0.4, -0.2) is 47.6 Å². The summed E-state index contributed by atoms with van der Waals surface area (Å²) in [5, 5.41) is 7.15. The predicted molar refractivity (Wildman–Crippen MR) is 111 cm³/mol. The van der Waals surface area contributed by atoms with Gasteiger partial charge < -0.3 is 4.90 Å². The molecule has 0 spiro atoms. The SMILES string of the molecule is Cc1[nH]ncc1[C@H]1C[C@@H](C)CN(c2nccc(-c3cnc4cnc(C(F)(F)F)cn34)n2)C1. The van der Waals surface area contributed by atoms with Gasteiger partial charge in [-0.1, -0.05) is 6.92 Å². The van der Waals surface area contributed by atoms with Crippen LogP contribution >= 0.6 is 0 Å². The lowest BCUT2D eigenvalue weighted by Crippen LogP contribution is -2.39. The molecule has 0 aliphatic carbocycles. The predicted octanol–water partition coefficient (Wildman–Crippen LogP) is 3.87. The zero-order chi connectivity index (χ0) is 22.5. The van der Waals surface area contributed by atoms with Crippen LogP contribution in [0.1, 0.15) is 36.2 Å². The molecule has 5 rings (SSSR count). The fraction of sp³-hybridized carbons (Fsp3) is 0.381. The Balaban J connectivity index is 1.49. The molecule has 4 aromatic rings. The van der Waals surface area contributed by atoms with Crippen LogP contribution < -0.4 is 4.90 Å². The van der Waals surface area contributed by atoms with E-state index in [4.69, 9.17) is 0 Å². The molecule has 0 amide bonds. The molecule has 0 aromatic carbocycles. The molecule has 0 bridgehead atoms. The molecule has 1 N–H and O–H groups in total. The van der Waals surface area contributed by atoms with E-state index in [0.29, 0.717) is 34.8 Å². The van der Waals surface area contributed by atoms with Crippen molar-refractivity contribution >= 4 is 11.6 Å². The van der Waals surface area contributed by atoms with Crippen LogP contribution in [0.2, 0.25) is 0 Å². The molecule has 1 aliphatic heterocycles. The maximum Gasteiger partial charge on any atom is 0.434 e. The number of rotatable bonds is 3. The minimum atomic E-state index is -4.54. The molecule has 4 aromatic heterocycles. The van der Waals surface area contributed by atoms with Crippen molar-refractivity contribution in [1.82, 2.24) is 34.5 Å². The van der Waals surface area contributed by atoms with Crippen molar-refractivity contribution in [3.8, 4) is 11.4 Å². The monoisotopic (exact) mass is 442 g/mol. The Morgan fingerprint density at radius 2 is 1.94 bits per heavy atom. The molecule has 166 valence electrons. The van der Waals surface area contributed by atoms with Crippen molar-refractivity contribution in [3.05, 3.63) is 54.0 Å². The number of hydrogen-bond donors (Lipinski definition) is 1. The van der Waals surface area contributed by atoms with Crippen molar-refractivity contribution in [1.29, 1.82) is 0 Å². The van der Waals surface area contributed by atoms with E-state index in [1.54, 1.807) is 12.3 Å². The molecule has 11 heteroatoms. The lowest BCUT2D eigenvalue weighted by atomic mass is 9.86. The van der Waals surface area contributed by atoms with Gasteiger partial charge in [-0.25, -0.2) is 19.9 Å². The Bertz CT molecular complexity index is 1260. The smallest absolute Gasteiger partial charge is 0.340 e. The van der Waals surface area contributed by atoms with Gasteiger partial charge in [0.05, 0.1) is 30.0 Å². The standard InChI is InChI=1S/C21H21F3N8/c1-12-5-14(15-6-28-30-13(15)2)10-31(9-12)20-25-4-3-16(29-20)17-7-27-19-8-26-18(11-32(17)19)21(22,23)24/h3-4,6-8,11-12,14H,5,9-10H2,1-2H3,(H,28,30)/t12-,14+/m1/s1. The maximum atomic E-state index is 13.1. The van der Waals surface area contributed by atoms with E-state index >= 15 is 0 Å². The molecule has 1 fully saturated rings. The molecule has 1 saturated heterocycles. The number of aromatic amines is 1. The van der Waals surface area contributed by atoms with E-state index in [0.717, 1.165) is 37.6 Å². The van der Waals surface area contributed by atoms with Gasteiger partial charge in [0.2, 0.25) is 5.95 Å². The fourth-order valence-corrected chi connectivity index (χ4v) is 4.38. The third-order valence-corrected chi connectivity index (χ3v) is 5.84. The number of piperidine rings is 1. The third kappa shape index (κ3) is 3.67. The highest BCUT2D eigenvalue weighted by Gasteiger charge is 2.33. The molecule has 1 aliphatic rings. The normalized spacial score (nSPS) is 19.6. The molecule has 32 heavy (non-hydrogen) atoms. The van der Waals surface area contributed by atoms with Crippen molar-refractivity contribution < 1.29 is 13.2 Å². The second-order valence-electron chi connectivity index (χ2n) is 8.28. The summed E-state index contributed by atoms with van der Waals surface area (Å²) in [7, 11) is 0. The molecule has 2 atom stereocenters. The topological polar surface area (TPSA) is 87.9 Å². The van der Waals surface area contributed by atoms with E-state index in [1.807, 2.05) is 13.1 Å². The average molecular weight is 442 g/mol. The lowest BCUT2D eigenvalue weighted by Gasteiger charge is -2.36. The second-order valence-corrected chi connectivity index (χ2v) is 8.28. The summed E-state index contributed by atoms with van der Waals surface area (Å²) in [4.78, 5) is 18.9. The zero-order valence-corrected chi connectivity index (χ0v) is 17.5. The van der Waals surface area contributed by atoms with Gasteiger partial charge in [-0.3, -0.25) is 9.50 Å². The van der Waals surface area contributed by atoms with E-state index in [-0.39, 0.29) is 0 Å². The first-order chi connectivity index (χ1) is 15.3. The minimum absolute atomic E-state index is 0.293. The van der Waals surface area contributed by atoms with Crippen LogP contribution in [0, 0.1) is 12.8 Å². The van der Waals surface area contributed by atoms with Crippen molar-refractivity contribution in [3.63, 3.8) is 0 Å². The lowest BCUT2D eigenvalue weighted by molar-refractivity contribution is -0.141. The Hall–Kier alpha value is -3.50. The molecular weight excluding hydrogens is 421 g/mol. The third-order valence-electron chi connectivity index (χ3n) is 5.84. The first-order valence-electron chi connectivity index (χ1n) is 10.3. The van der Waals surface area contributed by atoms with Crippen LogP contribution in [0.3, 0.4) is 0 Å². The van der Waals surface area contributed by atoms with Gasteiger partial charge in [0, 0.05) is 37.1 Å². The fourth-order valence-electron chi connectivity index (χ4n) is 4.38. The second kappa shape index (κ2) is 7.57. The van der Waals surface area contributed by atoms with Crippen LogP contribution in [-0.2, 0) is 6.18 Å². The van der Waals surface area contributed by atoms with Gasteiger partial charge in [-0.15, -0.1) is 0 Å². The molecule has 8 nitrogen and oxygen atoms in total. The van der Waals surface area contributed by atoms with Gasteiger partial charge in [0.25, 0.3) is 0 Å². The summed E-state index contributed by atoms with van der Waals surface area (Å²) in [6.45, 7) is 5.74. The number of H-pyrrole nitrogens is 1. The van der Waals surface area contributed by atoms with Crippen molar-refractivity contribution in [2.45, 2.75) is 32.4 Å². The average Bonchev–Trinajstić information content (AvgIpc) is 3.38. The zero-order valence-electron chi connectivity index (χ0n) is 17.5. The van der Waals surface area contributed by atoms with Crippen molar-refractivity contribution in [2.75, 3.05) is 18.0 Å². The number of alkyl halides is 3. The summed E-state index contributed by atoms with van der Waals surface area (Å²) < 4.78 is 40.8. The molecule has 0 saturated carbocycles. The quantitative estimate of drug-likeness (QED) is 0.518. The molecule has 0 radical (unpaired) electrons. The highest BCUT2D eigenvalue weighted by atomic mass is 19.4. The van der Waals surface area contributed by atoms with Crippen molar-refractivity contribution in [2.24, 2.45) is 5.92 Å². The first kappa shape index (κ1) is 20.4. The number of halogens is 3. The summed E-state index contributed by atoms with van der Waals surface area (Å²) in [5.74, 6) is 1.26. The van der Waals surface area contributed by atoms with E-state index < -0.39 is 11.9 Å². The van der Waals surface area contributed by atoms with E-state index in [9.17, 15) is 13.2 Å². The van der Waals surface area contributed by atoms with Gasteiger partial charge in [0.1, 0.15) is 0 Å². The van der Waals surface area contributed by atoms with Crippen LogP contribution in [0.4, 0.5) is 19.1 Å². The van der Waals surface area contributed by atoms with Gasteiger partial charge >= 0.3 is 6.18 Å². The number of fused-ring (bicyclic) bond motifs is 1. The molecule has 5 heterocycles. The van der Waals surface area contributed by atoms with E-state index in [2.05, 4.69) is 42.0 Å². The summed E-state index contributed by atoms with van der Waals surface area (Å²) in [6.07, 6.45) is 3.55. The Labute approximate surface area is 181 Å². The number of anilines is 1. The van der Waals surface area contributed by atoms with Crippen LogP contribution in [0.15, 0.2) is 37.1 Å². The van der Waals surface area contributed by atoms with Crippen LogP contribution in [0.25, 0.3) is 17.0 Å². The Morgan fingerprint density at radius 3 is 2.69 bits per heavy atom. The van der Waals surface area contributed by atoms with Gasteiger partial charge in [0.15, 0.2) is 11.3 Å². The molecule has 0 unspecified atom stereocenters. The highest BCUT2D eigenvalue weighted by molar-refractivity contribution is 5.60. The van der Waals surface area contributed by atoms with Crippen LogP contribution in [0.5, 0.6) is 0 Å². The summed E-state index contributed by atoms with van der Waals surface area (Å²) in [6, 6.07) is 1.67. The number of aryl methyl sites for hydroxylation is 1. The number of nitrogens with one attached hydrogen (secondary N) is 1. The highest BCUT2D eigenvalue weighted by Crippen LogP contribution is 2.33. The number of aromatic nitrogens is 7. The minimum Gasteiger partial charge on any atom is -0.340 e. The molecular formula is C21H21F3N8. The maximum absolute atomic E-state index is 13.1. The summed E-state index contributed by atoms with van der Waals surface area (Å²) in [5.41, 5.74) is 2.52. The van der Waals surface area contributed by atoms with E-state index in [1.165, 1.54) is 16.2 Å². The van der Waals surface area contributed by atoms with Gasteiger partial charge in [-0.05, 0) is 30.9 Å².